The fraction of sp³-hybridized carbons (Fsp3) is 0.500. The zero-order valence-electron chi connectivity index (χ0n) is 20.8. The topological polar surface area (TPSA) is 84.9 Å². The second kappa shape index (κ2) is 11.9. The number of ether oxygens (including phenoxy) is 2. The monoisotopic (exact) mass is 572 g/mol. The van der Waals surface area contributed by atoms with Gasteiger partial charge >= 0.3 is 0 Å². The second-order valence-corrected chi connectivity index (χ2v) is 12.4. The van der Waals surface area contributed by atoms with E-state index in [2.05, 4.69) is 4.90 Å². The molecule has 1 aliphatic heterocycles. The summed E-state index contributed by atoms with van der Waals surface area (Å²) in [6.07, 6.45) is 4.47. The number of likely N-dealkylation sites (tertiary alicyclic amines) is 1. The van der Waals surface area contributed by atoms with Gasteiger partial charge in [-0.3, -0.25) is 9.69 Å². The van der Waals surface area contributed by atoms with Crippen LogP contribution < -0.4 is 9.46 Å². The molecule has 4 rings (SSSR count). The molecule has 2 aliphatic rings. The predicted octanol–water partition coefficient (Wildman–Crippen LogP) is 5.18. The molecule has 1 aliphatic carbocycles. The molecule has 7 nitrogen and oxygen atoms in total. The predicted molar refractivity (Wildman–Crippen MR) is 142 cm³/mol. The standard InChI is InChI=1S/C26H31Cl2FN2O5S/c1-35-15-24(19-6-5-18(27)11-22(19)28)31-9-7-16(8-10-31)14-36-25-13-23(29)21(12-20(25)17-3-4-17)26(32)30-37(2,33)34/h5-6,11-13,16-17,24H,3-4,7-10,14-15H2,1-2H3,(H,30,32)/t24-/m0/s1. The van der Waals surface area contributed by atoms with E-state index in [1.807, 2.05) is 16.9 Å². The third-order valence-electron chi connectivity index (χ3n) is 6.85. The van der Waals surface area contributed by atoms with Crippen LogP contribution in [-0.4, -0.2) is 58.9 Å². The summed E-state index contributed by atoms with van der Waals surface area (Å²) in [5, 5.41) is 1.20. The minimum Gasteiger partial charge on any atom is -0.493 e. The van der Waals surface area contributed by atoms with Crippen molar-refractivity contribution in [2.24, 2.45) is 5.92 Å². The van der Waals surface area contributed by atoms with Crippen LogP contribution in [0, 0.1) is 11.7 Å². The molecule has 0 radical (unpaired) electrons. The van der Waals surface area contributed by atoms with Crippen molar-refractivity contribution < 1.29 is 27.1 Å². The first-order valence-corrected chi connectivity index (χ1v) is 14.9. The number of nitrogens with zero attached hydrogens (tertiary/aromatic N) is 1. The summed E-state index contributed by atoms with van der Waals surface area (Å²) in [5.74, 6) is -0.905. The Bertz CT molecular complexity index is 1250. The van der Waals surface area contributed by atoms with Crippen molar-refractivity contribution in [2.75, 3.05) is 39.7 Å². The van der Waals surface area contributed by atoms with Gasteiger partial charge in [-0.1, -0.05) is 29.3 Å². The van der Waals surface area contributed by atoms with Gasteiger partial charge in [0.05, 0.1) is 31.1 Å². The molecule has 0 bridgehead atoms. The second-order valence-electron chi connectivity index (χ2n) is 9.77. The van der Waals surface area contributed by atoms with Crippen molar-refractivity contribution in [1.82, 2.24) is 9.62 Å². The Balaban J connectivity index is 1.40. The number of amides is 1. The van der Waals surface area contributed by atoms with E-state index in [0.29, 0.717) is 29.0 Å². The van der Waals surface area contributed by atoms with Crippen LogP contribution in [0.1, 0.15) is 59.1 Å². The number of rotatable bonds is 10. The lowest BCUT2D eigenvalue weighted by atomic mass is 9.95. The van der Waals surface area contributed by atoms with Crippen LogP contribution in [0.15, 0.2) is 30.3 Å². The Morgan fingerprint density at radius 1 is 1.16 bits per heavy atom. The van der Waals surface area contributed by atoms with Crippen LogP contribution >= 0.6 is 23.2 Å². The van der Waals surface area contributed by atoms with E-state index in [-0.39, 0.29) is 23.4 Å². The Morgan fingerprint density at radius 3 is 2.46 bits per heavy atom. The molecule has 2 aromatic rings. The highest BCUT2D eigenvalue weighted by atomic mass is 35.5. The SMILES string of the molecule is COC[C@@H](c1ccc(Cl)cc1Cl)N1CCC(COc2cc(F)c(C(=O)NS(C)(=O)=O)cc2C2CC2)CC1. The van der Waals surface area contributed by atoms with Crippen molar-refractivity contribution in [1.29, 1.82) is 0 Å². The van der Waals surface area contributed by atoms with Crippen molar-refractivity contribution in [3.05, 3.63) is 62.9 Å². The van der Waals surface area contributed by atoms with Crippen LogP contribution in [0.25, 0.3) is 0 Å². The molecule has 202 valence electrons. The van der Waals surface area contributed by atoms with Gasteiger partial charge in [-0.15, -0.1) is 0 Å². The highest BCUT2D eigenvalue weighted by molar-refractivity contribution is 7.89. The van der Waals surface area contributed by atoms with Gasteiger partial charge in [0, 0.05) is 23.2 Å². The van der Waals surface area contributed by atoms with Gasteiger partial charge < -0.3 is 9.47 Å². The van der Waals surface area contributed by atoms with Gasteiger partial charge in [-0.05, 0) is 79.9 Å². The van der Waals surface area contributed by atoms with Gasteiger partial charge in [0.15, 0.2) is 0 Å². The van der Waals surface area contributed by atoms with Crippen molar-refractivity contribution in [2.45, 2.75) is 37.6 Å². The normalized spacial score (nSPS) is 18.0. The highest BCUT2D eigenvalue weighted by Crippen LogP contribution is 2.45. The molecule has 0 aromatic heterocycles. The van der Waals surface area contributed by atoms with Gasteiger partial charge in [0.25, 0.3) is 5.91 Å². The zero-order valence-corrected chi connectivity index (χ0v) is 23.1. The average molecular weight is 574 g/mol. The number of halogens is 3. The molecule has 11 heteroatoms. The van der Waals surface area contributed by atoms with Crippen LogP contribution in [0.4, 0.5) is 4.39 Å². The molecule has 37 heavy (non-hydrogen) atoms. The van der Waals surface area contributed by atoms with Crippen LogP contribution in [0.3, 0.4) is 0 Å². The molecule has 1 N–H and O–H groups in total. The summed E-state index contributed by atoms with van der Waals surface area (Å²) in [6.45, 7) is 2.59. The average Bonchev–Trinajstić information content (AvgIpc) is 3.66. The molecule has 0 spiro atoms. The van der Waals surface area contributed by atoms with Gasteiger partial charge in [-0.2, -0.15) is 0 Å². The van der Waals surface area contributed by atoms with Gasteiger partial charge in [0.2, 0.25) is 10.0 Å². The van der Waals surface area contributed by atoms with Gasteiger partial charge in [0.1, 0.15) is 11.6 Å². The van der Waals surface area contributed by atoms with E-state index in [4.69, 9.17) is 32.7 Å². The number of carbonyl (C=O) groups is 1. The fourth-order valence-corrected chi connectivity index (χ4v) is 5.75. The minimum absolute atomic E-state index is 0.0119. The van der Waals surface area contributed by atoms with E-state index in [1.165, 1.54) is 12.1 Å². The first-order valence-electron chi connectivity index (χ1n) is 12.2. The molecule has 1 heterocycles. The first kappa shape index (κ1) is 28.1. The van der Waals surface area contributed by atoms with Gasteiger partial charge in [-0.25, -0.2) is 17.5 Å². The maximum atomic E-state index is 14.8. The zero-order chi connectivity index (χ0) is 26.7. The number of hydrogen-bond donors (Lipinski definition) is 1. The maximum absolute atomic E-state index is 14.8. The van der Waals surface area contributed by atoms with Crippen molar-refractivity contribution in [3.8, 4) is 5.75 Å². The van der Waals surface area contributed by atoms with E-state index in [0.717, 1.165) is 56.2 Å². The number of benzene rings is 2. The molecule has 1 saturated carbocycles. The number of methoxy groups -OCH3 is 1. The fourth-order valence-electron chi connectivity index (χ4n) is 4.77. The van der Waals surface area contributed by atoms with E-state index in [1.54, 1.807) is 13.2 Å². The number of hydrogen-bond acceptors (Lipinski definition) is 6. The summed E-state index contributed by atoms with van der Waals surface area (Å²) in [6, 6.07) is 8.16. The number of carbonyl (C=O) groups excluding carboxylic acids is 1. The summed E-state index contributed by atoms with van der Waals surface area (Å²) < 4.78 is 51.0. The van der Waals surface area contributed by atoms with E-state index in [9.17, 15) is 17.6 Å². The minimum atomic E-state index is -3.80. The Morgan fingerprint density at radius 2 is 1.86 bits per heavy atom. The Labute approximate surface area is 227 Å². The number of piperidine rings is 1. The molecule has 1 atom stereocenters. The molecule has 2 aromatic carbocycles. The Hall–Kier alpha value is -1.91. The molecular weight excluding hydrogens is 542 g/mol. The smallest absolute Gasteiger partial charge is 0.267 e. The third kappa shape index (κ3) is 7.35. The van der Waals surface area contributed by atoms with Crippen molar-refractivity contribution >= 4 is 39.1 Å². The summed E-state index contributed by atoms with van der Waals surface area (Å²) in [4.78, 5) is 14.6. The molecule has 0 unspecified atom stereocenters. The van der Waals surface area contributed by atoms with Crippen LogP contribution in [0.5, 0.6) is 5.75 Å². The lowest BCUT2D eigenvalue weighted by Gasteiger charge is -2.37. The largest absolute Gasteiger partial charge is 0.493 e. The summed E-state index contributed by atoms with van der Waals surface area (Å²) in [7, 11) is -2.13. The highest BCUT2D eigenvalue weighted by Gasteiger charge is 2.31. The number of sulfonamides is 1. The van der Waals surface area contributed by atoms with Crippen molar-refractivity contribution in [3.63, 3.8) is 0 Å². The summed E-state index contributed by atoms with van der Waals surface area (Å²) >= 11 is 12.5. The maximum Gasteiger partial charge on any atom is 0.267 e. The molecule has 2 fully saturated rings. The van der Waals surface area contributed by atoms with E-state index < -0.39 is 21.7 Å². The first-order chi connectivity index (χ1) is 17.6. The quantitative estimate of drug-likeness (QED) is 0.422. The molecule has 1 saturated heterocycles. The van der Waals surface area contributed by atoms with Crippen LogP contribution in [0.2, 0.25) is 10.0 Å². The Kier molecular flexibility index (Phi) is 9.01. The number of nitrogens with one attached hydrogen (secondary N) is 1. The lowest BCUT2D eigenvalue weighted by Crippen LogP contribution is -2.39. The van der Waals surface area contributed by atoms with E-state index >= 15 is 0 Å². The van der Waals surface area contributed by atoms with Crippen LogP contribution in [-0.2, 0) is 14.8 Å². The lowest BCUT2D eigenvalue weighted by molar-refractivity contribution is 0.0556. The molecular formula is C26H31Cl2FN2O5S. The summed E-state index contributed by atoms with van der Waals surface area (Å²) in [5.41, 5.74) is 1.43. The third-order valence-corrected chi connectivity index (χ3v) is 7.97. The molecule has 1 amide bonds.